The molecule has 3 aliphatic carbocycles. The van der Waals surface area contributed by atoms with Crippen molar-refractivity contribution in [3.05, 3.63) is 235 Å². The van der Waals surface area contributed by atoms with Crippen LogP contribution in [0.25, 0.3) is 98.0 Å². The summed E-state index contributed by atoms with van der Waals surface area (Å²) in [6.45, 7) is 7.60. The molecule has 15 rings (SSSR count). The first-order chi connectivity index (χ1) is 43.2. The quantitative estimate of drug-likeness (QED) is 0.126. The van der Waals surface area contributed by atoms with E-state index in [0.29, 0.717) is 16.2 Å². The minimum Gasteiger partial charge on any atom is -1.00 e. The molecule has 0 aromatic heterocycles. The Balaban J connectivity index is 0.000000160. The Bertz CT molecular complexity index is 4070. The van der Waals surface area contributed by atoms with Crippen molar-refractivity contribution in [1.82, 2.24) is 0 Å². The number of hydrogen-bond donors (Lipinski definition) is 0. The van der Waals surface area contributed by atoms with Gasteiger partial charge in [-0.1, -0.05) is 286 Å². The summed E-state index contributed by atoms with van der Waals surface area (Å²) in [6.07, 6.45) is 34.6. The molecule has 3 fully saturated rings. The van der Waals surface area contributed by atoms with Crippen LogP contribution in [0.4, 0.5) is 0 Å². The van der Waals surface area contributed by atoms with E-state index >= 15 is 0 Å². The first kappa shape index (κ1) is 71.2. The molecule has 466 valence electrons. The molecule has 0 atom stereocenters. The second-order valence-corrected chi connectivity index (χ2v) is 28.7. The SMILES string of the molecule is CC1(Cc2cc3c(-c4cccc5ccccc45)cccc3[cH-]2)CCCCCCC1.CC1(Cc2cc3c(-c4cccc5ccccc45)cccc3[cH-]2)CCCCCCC1.CC1(Cc2cc3c(-c4cccc5ccccc45)cccc3[cH-]2)CCCCCCCC1.[Cl-].[Cl-].[Zr+4].[Zr+4]. The largest absolute Gasteiger partial charge is 4.00 e. The zero-order chi connectivity index (χ0) is 59.8. The van der Waals surface area contributed by atoms with Crippen LogP contribution in [-0.2, 0) is 71.7 Å². The third-order valence-electron chi connectivity index (χ3n) is 21.5. The van der Waals surface area contributed by atoms with Gasteiger partial charge >= 0.3 is 52.4 Å². The fraction of sp³-hybridized carbons (Fsp3) is 0.352. The molecule has 0 nitrogen and oxygen atoms in total. The number of hydrogen-bond acceptors (Lipinski definition) is 0. The van der Waals surface area contributed by atoms with E-state index in [4.69, 9.17) is 0 Å². The topological polar surface area (TPSA) is 0 Å². The van der Waals surface area contributed by atoms with E-state index in [1.165, 1.54) is 275 Å². The summed E-state index contributed by atoms with van der Waals surface area (Å²) >= 11 is 0. The minimum absolute atomic E-state index is 0. The zero-order valence-corrected chi connectivity index (χ0v) is 61.6. The van der Waals surface area contributed by atoms with Crippen molar-refractivity contribution in [2.45, 2.75) is 181 Å². The van der Waals surface area contributed by atoms with Crippen molar-refractivity contribution < 1.29 is 77.2 Å². The van der Waals surface area contributed by atoms with Crippen LogP contribution in [-0.4, -0.2) is 0 Å². The predicted octanol–water partition coefficient (Wildman–Crippen LogP) is 20.4. The van der Waals surface area contributed by atoms with Gasteiger partial charge in [0.25, 0.3) is 0 Å². The van der Waals surface area contributed by atoms with Crippen molar-refractivity contribution in [1.29, 1.82) is 0 Å². The zero-order valence-electron chi connectivity index (χ0n) is 55.2. The van der Waals surface area contributed by atoms with Crippen LogP contribution in [0.2, 0.25) is 0 Å². The van der Waals surface area contributed by atoms with Gasteiger partial charge in [0.05, 0.1) is 0 Å². The third-order valence-corrected chi connectivity index (χ3v) is 21.5. The Morgan fingerprint density at radius 3 is 0.717 bits per heavy atom. The molecule has 4 heteroatoms. The Morgan fingerprint density at radius 1 is 0.250 bits per heavy atom. The van der Waals surface area contributed by atoms with E-state index in [1.807, 2.05) is 0 Å². The molecule has 0 saturated heterocycles. The van der Waals surface area contributed by atoms with E-state index in [0.717, 1.165) is 0 Å². The molecular weight excluding hydrogens is 1310 g/mol. The molecule has 0 unspecified atom stereocenters. The average Bonchev–Trinajstić information content (AvgIpc) is 1.55. The summed E-state index contributed by atoms with van der Waals surface area (Å²) in [6, 6.07) is 81.5. The molecule has 0 heterocycles. The minimum atomic E-state index is 0. The smallest absolute Gasteiger partial charge is 1.00 e. The third kappa shape index (κ3) is 16.9. The summed E-state index contributed by atoms with van der Waals surface area (Å²) in [4.78, 5) is 0. The average molecular weight is 1410 g/mol. The Hall–Kier alpha value is -5.06. The maximum absolute atomic E-state index is 2.54. The van der Waals surface area contributed by atoms with Crippen molar-refractivity contribution >= 4 is 64.6 Å². The maximum Gasteiger partial charge on any atom is 4.00 e. The molecule has 12 aromatic rings. The Kier molecular flexibility index (Phi) is 25.6. The Morgan fingerprint density at radius 2 is 0.457 bits per heavy atom. The van der Waals surface area contributed by atoms with Gasteiger partial charge in [0.2, 0.25) is 0 Å². The van der Waals surface area contributed by atoms with Crippen LogP contribution in [0.15, 0.2) is 218 Å². The van der Waals surface area contributed by atoms with E-state index in [2.05, 4.69) is 239 Å². The molecule has 3 saturated carbocycles. The second kappa shape index (κ2) is 33.1. The molecule has 0 bridgehead atoms. The van der Waals surface area contributed by atoms with Crippen LogP contribution in [0, 0.1) is 16.2 Å². The van der Waals surface area contributed by atoms with Gasteiger partial charge in [-0.15, -0.1) is 104 Å². The maximum atomic E-state index is 2.54. The summed E-state index contributed by atoms with van der Waals surface area (Å²) in [5.74, 6) is 0. The Labute approximate surface area is 602 Å². The van der Waals surface area contributed by atoms with Crippen molar-refractivity contribution in [3.8, 4) is 33.4 Å². The van der Waals surface area contributed by atoms with Crippen LogP contribution >= 0.6 is 0 Å². The number of rotatable bonds is 9. The summed E-state index contributed by atoms with van der Waals surface area (Å²) in [5, 5.41) is 16.4. The molecule has 12 aromatic carbocycles. The fourth-order valence-corrected chi connectivity index (χ4v) is 16.7. The monoisotopic (exact) mass is 1400 g/mol. The predicted molar refractivity (Wildman–Crippen MR) is 384 cm³/mol. The number of halogens is 2. The molecule has 0 N–H and O–H groups in total. The van der Waals surface area contributed by atoms with Gasteiger partial charge in [-0.3, -0.25) is 0 Å². The summed E-state index contributed by atoms with van der Waals surface area (Å²) in [7, 11) is 0. The van der Waals surface area contributed by atoms with Crippen molar-refractivity contribution in [3.63, 3.8) is 0 Å². The first-order valence-electron chi connectivity index (χ1n) is 34.7. The van der Waals surface area contributed by atoms with E-state index in [-0.39, 0.29) is 77.2 Å². The van der Waals surface area contributed by atoms with Gasteiger partial charge in [0.15, 0.2) is 0 Å². The molecule has 0 aliphatic heterocycles. The van der Waals surface area contributed by atoms with Crippen molar-refractivity contribution in [2.75, 3.05) is 0 Å². The van der Waals surface area contributed by atoms with Gasteiger partial charge in [-0.25, -0.2) is 0 Å². The normalized spacial score (nSPS) is 16.6. The summed E-state index contributed by atoms with van der Waals surface area (Å²) in [5.41, 5.74) is 14.1. The van der Waals surface area contributed by atoms with Gasteiger partial charge in [-0.2, -0.15) is 18.2 Å². The van der Waals surface area contributed by atoms with E-state index in [1.54, 1.807) is 0 Å². The van der Waals surface area contributed by atoms with Gasteiger partial charge in [-0.05, 0) is 123 Å². The van der Waals surface area contributed by atoms with E-state index in [9.17, 15) is 0 Å². The first-order valence-corrected chi connectivity index (χ1v) is 34.7. The molecule has 3 aliphatic rings. The molecule has 92 heavy (non-hydrogen) atoms. The van der Waals surface area contributed by atoms with Crippen molar-refractivity contribution in [2.24, 2.45) is 16.2 Å². The standard InChI is InChI=1S/C30H33.2C29H31.2ClH.2Zr/c1-30(18-8-4-2-3-5-9-19-30)22-23-20-25-14-11-17-28(29(25)21-23)27-16-10-13-24-12-6-7-15-26(24)27;2*1-29(17-7-3-2-4-8-18-29)21-22-19-24-13-10-16-27(28(24)20-22)26-15-9-12-23-11-5-6-14-25(23)26;;;;/h6-7,10-17,20-21H,2-5,8-9,18-19,22H2,1H3;2*5-6,9-16,19-20H,2-4,7-8,17-18,21H2,1H3;2*1H;;/q3*-1;;;2*+4/p-2. The summed E-state index contributed by atoms with van der Waals surface area (Å²) < 4.78 is 0. The van der Waals surface area contributed by atoms with Gasteiger partial charge in [0.1, 0.15) is 0 Å². The molecule has 0 spiro atoms. The van der Waals surface area contributed by atoms with Crippen LogP contribution < -0.4 is 24.8 Å². The molecule has 0 amide bonds. The van der Waals surface area contributed by atoms with Crippen LogP contribution in [0.3, 0.4) is 0 Å². The number of benzene rings is 9. The van der Waals surface area contributed by atoms with E-state index < -0.39 is 0 Å². The second-order valence-electron chi connectivity index (χ2n) is 28.7. The number of fused-ring (bicyclic) bond motifs is 6. The molecule has 0 radical (unpaired) electrons. The van der Waals surface area contributed by atoms with Crippen LogP contribution in [0.1, 0.15) is 179 Å². The van der Waals surface area contributed by atoms with Gasteiger partial charge < -0.3 is 24.8 Å². The molecular formula is C88H95Cl2Zr2+3. The van der Waals surface area contributed by atoms with Gasteiger partial charge in [0, 0.05) is 0 Å². The van der Waals surface area contributed by atoms with Crippen LogP contribution in [0.5, 0.6) is 0 Å². The fourth-order valence-electron chi connectivity index (χ4n) is 16.7.